The topological polar surface area (TPSA) is 46.2 Å². The Bertz CT molecular complexity index is 703. The van der Waals surface area contributed by atoms with Gasteiger partial charge in [-0.15, -0.1) is 0 Å². The molecule has 1 atom stereocenters. The number of nitrogens with one attached hydrogen (secondary N) is 1. The average Bonchev–Trinajstić information content (AvgIpc) is 2.39. The summed E-state index contributed by atoms with van der Waals surface area (Å²) in [4.78, 5) is 24.8. The Morgan fingerprint density at radius 1 is 1.23 bits per heavy atom. The zero-order valence-electron chi connectivity index (χ0n) is 13.1. The summed E-state index contributed by atoms with van der Waals surface area (Å²) in [5.74, 6) is 0.0585. The zero-order chi connectivity index (χ0) is 16.1. The predicted molar refractivity (Wildman–Crippen MR) is 89.4 cm³/mol. The van der Waals surface area contributed by atoms with Crippen LogP contribution in [-0.2, 0) is 9.59 Å². The van der Waals surface area contributed by atoms with Gasteiger partial charge in [-0.2, -0.15) is 0 Å². The van der Waals surface area contributed by atoms with E-state index in [0.29, 0.717) is 12.8 Å². The molecule has 0 saturated carbocycles. The monoisotopic (exact) mass is 361 g/mol. The highest BCUT2D eigenvalue weighted by Gasteiger charge is 2.40. The molecule has 0 radical (unpaired) electrons. The molecule has 1 aromatic carbocycles. The molecular formula is C18H20BrNO2. The maximum absolute atomic E-state index is 12.7. The largest absolute Gasteiger partial charge is 0.329 e. The first-order chi connectivity index (χ1) is 10.3. The normalized spacial score (nSPS) is 24.1. The third-order valence-electron chi connectivity index (χ3n) is 4.55. The molecule has 0 aromatic heterocycles. The van der Waals surface area contributed by atoms with Gasteiger partial charge in [-0.25, -0.2) is 0 Å². The molecule has 4 heteroatoms. The maximum atomic E-state index is 12.7. The van der Waals surface area contributed by atoms with Gasteiger partial charge in [0.2, 0.25) is 5.91 Å². The van der Waals surface area contributed by atoms with Crippen molar-refractivity contribution in [2.24, 2.45) is 5.41 Å². The van der Waals surface area contributed by atoms with Crippen molar-refractivity contribution in [3.63, 3.8) is 0 Å². The van der Waals surface area contributed by atoms with E-state index in [-0.39, 0.29) is 23.0 Å². The molecule has 1 aliphatic carbocycles. The van der Waals surface area contributed by atoms with Gasteiger partial charge in [0.15, 0.2) is 5.78 Å². The zero-order valence-corrected chi connectivity index (χ0v) is 14.7. The molecule has 1 aromatic rings. The quantitative estimate of drug-likeness (QED) is 0.821. The number of amides is 1. The van der Waals surface area contributed by atoms with Crippen LogP contribution in [0.15, 0.2) is 33.9 Å². The second-order valence-corrected chi connectivity index (χ2v) is 8.00. The smallest absolute Gasteiger partial charge is 0.225 e. The summed E-state index contributed by atoms with van der Waals surface area (Å²) >= 11 is 3.55. The number of aryl methyl sites for hydroxylation is 1. The molecule has 1 heterocycles. The van der Waals surface area contributed by atoms with Gasteiger partial charge in [0.25, 0.3) is 0 Å². The molecule has 3 rings (SSSR count). The van der Waals surface area contributed by atoms with Crippen LogP contribution < -0.4 is 5.32 Å². The fourth-order valence-electron chi connectivity index (χ4n) is 3.47. The van der Waals surface area contributed by atoms with Crippen LogP contribution in [0, 0.1) is 12.3 Å². The molecule has 1 N–H and O–H groups in total. The van der Waals surface area contributed by atoms with Crippen molar-refractivity contribution in [3.8, 4) is 0 Å². The molecule has 3 nitrogen and oxygen atoms in total. The number of Topliss-reactive ketones (excluding diaryl/α,β-unsaturated/α-hetero) is 1. The van der Waals surface area contributed by atoms with Crippen LogP contribution in [0.3, 0.4) is 0 Å². The highest BCUT2D eigenvalue weighted by molar-refractivity contribution is 9.10. The van der Waals surface area contributed by atoms with Crippen LogP contribution in [0.1, 0.15) is 50.2 Å². The van der Waals surface area contributed by atoms with Gasteiger partial charge in [0, 0.05) is 34.5 Å². The lowest BCUT2D eigenvalue weighted by molar-refractivity contribution is -0.122. The highest BCUT2D eigenvalue weighted by Crippen LogP contribution is 2.44. The number of ketones is 1. The van der Waals surface area contributed by atoms with Crippen molar-refractivity contribution in [1.82, 2.24) is 5.32 Å². The van der Waals surface area contributed by atoms with Crippen molar-refractivity contribution >= 4 is 27.6 Å². The van der Waals surface area contributed by atoms with Crippen molar-refractivity contribution in [2.75, 3.05) is 0 Å². The molecule has 0 unspecified atom stereocenters. The molecule has 116 valence electrons. The van der Waals surface area contributed by atoms with Gasteiger partial charge >= 0.3 is 0 Å². The van der Waals surface area contributed by atoms with E-state index in [1.165, 1.54) is 0 Å². The van der Waals surface area contributed by atoms with Crippen LogP contribution in [0.5, 0.6) is 0 Å². The third kappa shape index (κ3) is 2.76. The van der Waals surface area contributed by atoms with E-state index in [1.54, 1.807) is 0 Å². The first-order valence-corrected chi connectivity index (χ1v) is 8.38. The lowest BCUT2D eigenvalue weighted by Crippen LogP contribution is -2.40. The maximum Gasteiger partial charge on any atom is 0.225 e. The van der Waals surface area contributed by atoms with Gasteiger partial charge in [-0.1, -0.05) is 41.9 Å². The first kappa shape index (κ1) is 15.5. The van der Waals surface area contributed by atoms with E-state index in [2.05, 4.69) is 35.1 Å². The summed E-state index contributed by atoms with van der Waals surface area (Å²) in [7, 11) is 0. The van der Waals surface area contributed by atoms with Crippen LogP contribution in [0.25, 0.3) is 0 Å². The van der Waals surface area contributed by atoms with Crippen LogP contribution in [0.2, 0.25) is 0 Å². The Balaban J connectivity index is 2.08. The van der Waals surface area contributed by atoms with Gasteiger partial charge in [-0.3, -0.25) is 9.59 Å². The van der Waals surface area contributed by atoms with Crippen molar-refractivity contribution in [2.45, 2.75) is 46.0 Å². The SMILES string of the molecule is Cc1ccc([C@@H]2CC(=O)NC3=C2C(=O)CC(C)(C)C3)cc1Br. The summed E-state index contributed by atoms with van der Waals surface area (Å²) in [6.07, 6.45) is 1.65. The van der Waals surface area contributed by atoms with Gasteiger partial charge in [0.1, 0.15) is 0 Å². The summed E-state index contributed by atoms with van der Waals surface area (Å²) < 4.78 is 1.02. The standard InChI is InChI=1S/C18H20BrNO2/c1-10-4-5-11(6-13(10)19)12-7-16(22)20-14-8-18(2,3)9-15(21)17(12)14/h4-6,12H,7-9H2,1-3H3,(H,20,22)/t12-/m0/s1. The number of rotatable bonds is 1. The van der Waals surface area contributed by atoms with Gasteiger partial charge in [0.05, 0.1) is 0 Å². The number of allylic oxidation sites excluding steroid dienone is 2. The summed E-state index contributed by atoms with van der Waals surface area (Å²) in [6, 6.07) is 6.10. The van der Waals surface area contributed by atoms with Gasteiger partial charge < -0.3 is 5.32 Å². The summed E-state index contributed by atoms with van der Waals surface area (Å²) in [5.41, 5.74) is 3.75. The predicted octanol–water partition coefficient (Wildman–Crippen LogP) is 4.00. The van der Waals surface area contributed by atoms with Crippen LogP contribution >= 0.6 is 15.9 Å². The summed E-state index contributed by atoms with van der Waals surface area (Å²) in [6.45, 7) is 6.18. The Morgan fingerprint density at radius 3 is 2.64 bits per heavy atom. The lowest BCUT2D eigenvalue weighted by atomic mass is 9.70. The molecule has 1 aliphatic heterocycles. The highest BCUT2D eigenvalue weighted by atomic mass is 79.9. The fourth-order valence-corrected chi connectivity index (χ4v) is 3.86. The molecule has 0 bridgehead atoms. The minimum absolute atomic E-state index is 0.00551. The van der Waals surface area contributed by atoms with E-state index in [1.807, 2.05) is 25.1 Å². The number of carbonyl (C=O) groups is 2. The van der Waals surface area contributed by atoms with Crippen LogP contribution in [-0.4, -0.2) is 11.7 Å². The second kappa shape index (κ2) is 5.34. The minimum Gasteiger partial charge on any atom is -0.329 e. The second-order valence-electron chi connectivity index (χ2n) is 7.15. The van der Waals surface area contributed by atoms with E-state index in [0.717, 1.165) is 33.3 Å². The number of carbonyl (C=O) groups excluding carboxylic acids is 2. The van der Waals surface area contributed by atoms with Crippen LogP contribution in [0.4, 0.5) is 0 Å². The average molecular weight is 362 g/mol. The van der Waals surface area contributed by atoms with E-state index in [4.69, 9.17) is 0 Å². The Morgan fingerprint density at radius 2 is 1.95 bits per heavy atom. The Labute approximate surface area is 139 Å². The van der Waals surface area contributed by atoms with Gasteiger partial charge in [-0.05, 0) is 36.0 Å². The third-order valence-corrected chi connectivity index (χ3v) is 5.40. The Hall–Kier alpha value is -1.42. The molecule has 0 fully saturated rings. The first-order valence-electron chi connectivity index (χ1n) is 7.59. The molecular weight excluding hydrogens is 342 g/mol. The lowest BCUT2D eigenvalue weighted by Gasteiger charge is -2.37. The number of hydrogen-bond acceptors (Lipinski definition) is 2. The van der Waals surface area contributed by atoms with Crippen molar-refractivity contribution < 1.29 is 9.59 Å². The van der Waals surface area contributed by atoms with E-state index < -0.39 is 0 Å². The van der Waals surface area contributed by atoms with Crippen molar-refractivity contribution in [3.05, 3.63) is 45.1 Å². The van der Waals surface area contributed by atoms with Crippen molar-refractivity contribution in [1.29, 1.82) is 0 Å². The molecule has 0 saturated heterocycles. The van der Waals surface area contributed by atoms with E-state index in [9.17, 15) is 9.59 Å². The molecule has 1 amide bonds. The number of benzene rings is 1. The molecule has 22 heavy (non-hydrogen) atoms. The number of halogens is 1. The molecule has 2 aliphatic rings. The van der Waals surface area contributed by atoms with E-state index >= 15 is 0 Å². The fraction of sp³-hybridized carbons (Fsp3) is 0.444. The summed E-state index contributed by atoms with van der Waals surface area (Å²) in [5, 5.41) is 2.94. The number of hydrogen-bond donors (Lipinski definition) is 1. The Kier molecular flexibility index (Phi) is 3.76. The molecule has 0 spiro atoms. The minimum atomic E-state index is -0.121.